The van der Waals surface area contributed by atoms with Crippen LogP contribution in [0.15, 0.2) is 89.9 Å². The molecule has 2 nitrogen and oxygen atoms in total. The van der Waals surface area contributed by atoms with Crippen LogP contribution in [0.25, 0.3) is 0 Å². The minimum absolute atomic E-state index is 0.673. The maximum Gasteiger partial charge on any atom is 0.129 e. The van der Waals surface area contributed by atoms with Crippen LogP contribution in [-0.4, -0.2) is 5.84 Å². The lowest BCUT2D eigenvalue weighted by molar-refractivity contribution is 0.895. The van der Waals surface area contributed by atoms with Crippen LogP contribution in [0.3, 0.4) is 0 Å². The molecule has 2 heteroatoms. The molecule has 0 aromatic heterocycles. The lowest BCUT2D eigenvalue weighted by Crippen LogP contribution is -2.25. The molecule has 24 heavy (non-hydrogen) atoms. The molecular weight excluding hydrogens is 292 g/mol. The van der Waals surface area contributed by atoms with Gasteiger partial charge < -0.3 is 5.32 Å². The summed E-state index contributed by atoms with van der Waals surface area (Å²) < 4.78 is 0. The fourth-order valence-corrected chi connectivity index (χ4v) is 2.61. The van der Waals surface area contributed by atoms with E-state index < -0.39 is 0 Å². The van der Waals surface area contributed by atoms with Crippen molar-refractivity contribution in [1.29, 1.82) is 0 Å². The number of nitrogens with zero attached hydrogens (tertiary/aromatic N) is 1. The zero-order chi connectivity index (χ0) is 16.6. The van der Waals surface area contributed by atoms with Crippen LogP contribution in [0.2, 0.25) is 0 Å². The molecule has 0 spiro atoms. The van der Waals surface area contributed by atoms with Crippen LogP contribution in [0.5, 0.6) is 0 Å². The summed E-state index contributed by atoms with van der Waals surface area (Å²) in [5.41, 5.74) is 4.85. The highest BCUT2D eigenvalue weighted by Crippen LogP contribution is 2.10. The van der Waals surface area contributed by atoms with Crippen LogP contribution >= 0.6 is 0 Å². The summed E-state index contributed by atoms with van der Waals surface area (Å²) in [5, 5.41) is 3.51. The Morgan fingerprint density at radius 3 is 2.00 bits per heavy atom. The van der Waals surface area contributed by atoms with Crippen molar-refractivity contribution in [2.24, 2.45) is 4.99 Å². The molecule has 0 aliphatic carbocycles. The van der Waals surface area contributed by atoms with Gasteiger partial charge in [-0.1, -0.05) is 84.9 Å². The van der Waals surface area contributed by atoms with Gasteiger partial charge in [-0.15, -0.1) is 0 Å². The summed E-state index contributed by atoms with van der Waals surface area (Å²) in [6.45, 7) is 3.56. The molecule has 0 atom stereocenters. The predicted molar refractivity (Wildman–Crippen MR) is 101 cm³/mol. The molecule has 1 N–H and O–H groups in total. The van der Waals surface area contributed by atoms with E-state index in [9.17, 15) is 0 Å². The van der Waals surface area contributed by atoms with Crippen LogP contribution in [0.4, 0.5) is 0 Å². The fourth-order valence-electron chi connectivity index (χ4n) is 2.61. The third-order valence-electron chi connectivity index (χ3n) is 3.97. The highest BCUT2D eigenvalue weighted by atomic mass is 15.0. The number of rotatable bonds is 5. The number of aryl methyl sites for hydroxylation is 1. The summed E-state index contributed by atoms with van der Waals surface area (Å²) in [4.78, 5) is 4.85. The van der Waals surface area contributed by atoms with E-state index in [0.29, 0.717) is 6.54 Å². The van der Waals surface area contributed by atoms with E-state index >= 15 is 0 Å². The van der Waals surface area contributed by atoms with Crippen molar-refractivity contribution in [3.05, 3.63) is 107 Å². The Kier molecular flexibility index (Phi) is 5.41. The van der Waals surface area contributed by atoms with Gasteiger partial charge in [-0.2, -0.15) is 0 Å². The lowest BCUT2D eigenvalue weighted by Gasteiger charge is -2.13. The first-order valence-electron chi connectivity index (χ1n) is 8.25. The Bertz CT molecular complexity index is 792. The Hall–Kier alpha value is -2.87. The van der Waals surface area contributed by atoms with Crippen LogP contribution < -0.4 is 5.32 Å². The quantitative estimate of drug-likeness (QED) is 0.534. The Morgan fingerprint density at radius 2 is 1.33 bits per heavy atom. The number of aliphatic imine (C=N–C) groups is 1. The number of hydrogen-bond acceptors (Lipinski definition) is 1. The fraction of sp³-hybridized carbons (Fsp3) is 0.136. The van der Waals surface area contributed by atoms with Crippen molar-refractivity contribution in [2.75, 3.05) is 0 Å². The highest BCUT2D eigenvalue weighted by Gasteiger charge is 2.06. The molecule has 3 aromatic rings. The number of nitrogens with one attached hydrogen (secondary N) is 1. The smallest absolute Gasteiger partial charge is 0.129 e. The van der Waals surface area contributed by atoms with Gasteiger partial charge in [-0.3, -0.25) is 4.99 Å². The standard InChI is InChI=1S/C22H22N2/c1-18-10-8-9-15-21(18)22(23-16-19-11-4-2-5-12-19)24-17-20-13-6-3-7-14-20/h2-15H,16-17H2,1H3,(H,23,24). The second-order valence-corrected chi connectivity index (χ2v) is 5.80. The van der Waals surface area contributed by atoms with Gasteiger partial charge in [0.15, 0.2) is 0 Å². The molecule has 0 heterocycles. The SMILES string of the molecule is Cc1ccccc1C(=NCc1ccccc1)NCc1ccccc1. The third-order valence-corrected chi connectivity index (χ3v) is 3.97. The third kappa shape index (κ3) is 4.32. The minimum Gasteiger partial charge on any atom is -0.366 e. The van der Waals surface area contributed by atoms with E-state index in [1.54, 1.807) is 0 Å². The van der Waals surface area contributed by atoms with Gasteiger partial charge in [-0.25, -0.2) is 0 Å². The van der Waals surface area contributed by atoms with Gasteiger partial charge in [0, 0.05) is 12.1 Å². The molecule has 0 aliphatic heterocycles. The topological polar surface area (TPSA) is 24.4 Å². The number of amidine groups is 1. The van der Waals surface area contributed by atoms with E-state index in [-0.39, 0.29) is 0 Å². The Labute approximate surface area is 143 Å². The second-order valence-electron chi connectivity index (χ2n) is 5.80. The number of benzene rings is 3. The average molecular weight is 314 g/mol. The van der Waals surface area contributed by atoms with Crippen molar-refractivity contribution in [3.8, 4) is 0 Å². The summed E-state index contributed by atoms with van der Waals surface area (Å²) in [5.74, 6) is 0.945. The summed E-state index contributed by atoms with van der Waals surface area (Å²) in [7, 11) is 0. The monoisotopic (exact) mass is 314 g/mol. The molecule has 0 fully saturated rings. The molecule has 120 valence electrons. The van der Waals surface area contributed by atoms with Gasteiger partial charge in [0.2, 0.25) is 0 Å². The molecule has 0 bridgehead atoms. The largest absolute Gasteiger partial charge is 0.366 e. The normalized spacial score (nSPS) is 11.3. The van der Waals surface area contributed by atoms with E-state index in [2.05, 4.69) is 85.0 Å². The van der Waals surface area contributed by atoms with Crippen molar-refractivity contribution in [1.82, 2.24) is 5.32 Å². The maximum atomic E-state index is 4.85. The summed E-state index contributed by atoms with van der Waals surface area (Å²) in [6, 6.07) is 29.1. The highest BCUT2D eigenvalue weighted by molar-refractivity contribution is 6.00. The molecule has 0 aliphatic rings. The molecular formula is C22H22N2. The molecule has 3 aromatic carbocycles. The van der Waals surface area contributed by atoms with Gasteiger partial charge in [0.1, 0.15) is 5.84 Å². The van der Waals surface area contributed by atoms with Crippen molar-refractivity contribution in [2.45, 2.75) is 20.0 Å². The molecule has 0 saturated carbocycles. The molecule has 0 radical (unpaired) electrons. The van der Waals surface area contributed by atoms with Crippen molar-refractivity contribution in [3.63, 3.8) is 0 Å². The van der Waals surface area contributed by atoms with Crippen LogP contribution in [0.1, 0.15) is 22.3 Å². The Balaban J connectivity index is 1.82. The molecule has 0 amide bonds. The van der Waals surface area contributed by atoms with Gasteiger partial charge in [0.05, 0.1) is 6.54 Å². The van der Waals surface area contributed by atoms with Gasteiger partial charge in [0.25, 0.3) is 0 Å². The molecule has 0 unspecified atom stereocenters. The average Bonchev–Trinajstić information content (AvgIpc) is 2.64. The lowest BCUT2D eigenvalue weighted by atomic mass is 10.1. The first-order valence-corrected chi connectivity index (χ1v) is 8.25. The van der Waals surface area contributed by atoms with E-state index in [1.165, 1.54) is 16.7 Å². The van der Waals surface area contributed by atoms with Crippen molar-refractivity contribution >= 4 is 5.84 Å². The number of hydrogen-bond donors (Lipinski definition) is 1. The predicted octanol–water partition coefficient (Wildman–Crippen LogP) is 4.73. The van der Waals surface area contributed by atoms with Gasteiger partial charge >= 0.3 is 0 Å². The van der Waals surface area contributed by atoms with E-state index in [1.807, 2.05) is 12.1 Å². The molecule has 0 saturated heterocycles. The van der Waals surface area contributed by atoms with Crippen LogP contribution in [-0.2, 0) is 13.1 Å². The molecule has 3 rings (SSSR count). The summed E-state index contributed by atoms with van der Waals surface area (Å²) in [6.07, 6.45) is 0. The summed E-state index contributed by atoms with van der Waals surface area (Å²) >= 11 is 0. The van der Waals surface area contributed by atoms with Gasteiger partial charge in [-0.05, 0) is 23.6 Å². The zero-order valence-electron chi connectivity index (χ0n) is 13.9. The van der Waals surface area contributed by atoms with Crippen LogP contribution in [0, 0.1) is 6.92 Å². The zero-order valence-corrected chi connectivity index (χ0v) is 13.9. The van der Waals surface area contributed by atoms with Crippen molar-refractivity contribution < 1.29 is 0 Å². The minimum atomic E-state index is 0.673. The van der Waals surface area contributed by atoms with E-state index in [0.717, 1.165) is 17.9 Å². The Morgan fingerprint density at radius 1 is 0.750 bits per heavy atom. The first-order chi connectivity index (χ1) is 11.8. The second kappa shape index (κ2) is 8.11. The first kappa shape index (κ1) is 16.0. The van der Waals surface area contributed by atoms with E-state index in [4.69, 9.17) is 4.99 Å². The maximum absolute atomic E-state index is 4.85.